The molecule has 0 amide bonds. The van der Waals surface area contributed by atoms with Gasteiger partial charge >= 0.3 is 0 Å². The predicted octanol–water partition coefficient (Wildman–Crippen LogP) is 5.06. The Bertz CT molecular complexity index is 611. The van der Waals surface area contributed by atoms with Gasteiger partial charge in [-0.05, 0) is 61.1 Å². The van der Waals surface area contributed by atoms with Crippen molar-refractivity contribution in [3.8, 4) is 0 Å². The van der Waals surface area contributed by atoms with Crippen LogP contribution in [0.1, 0.15) is 36.8 Å². The first kappa shape index (κ1) is 15.3. The maximum absolute atomic E-state index is 2.48. The van der Waals surface area contributed by atoms with Crippen molar-refractivity contribution in [2.45, 2.75) is 25.7 Å². The normalized spacial score (nSPS) is 18.0. The van der Waals surface area contributed by atoms with E-state index in [0.717, 1.165) is 0 Å². The molecule has 2 aromatic carbocycles. The molecule has 24 heavy (non-hydrogen) atoms. The van der Waals surface area contributed by atoms with Crippen molar-refractivity contribution in [1.29, 1.82) is 0 Å². The van der Waals surface area contributed by atoms with Crippen molar-refractivity contribution in [2.75, 3.05) is 36.0 Å². The van der Waals surface area contributed by atoms with E-state index in [2.05, 4.69) is 70.5 Å². The quantitative estimate of drug-likeness (QED) is 0.727. The molecule has 2 heteroatoms. The molecule has 0 unspecified atom stereocenters. The molecule has 0 aromatic heterocycles. The van der Waals surface area contributed by atoms with Crippen LogP contribution in [0.2, 0.25) is 0 Å². The third-order valence-corrected chi connectivity index (χ3v) is 5.20. The highest BCUT2D eigenvalue weighted by Crippen LogP contribution is 2.23. The van der Waals surface area contributed by atoms with Crippen LogP contribution in [0.3, 0.4) is 0 Å². The molecule has 124 valence electrons. The molecule has 2 nitrogen and oxygen atoms in total. The second-order valence-electron chi connectivity index (χ2n) is 6.90. The van der Waals surface area contributed by atoms with Gasteiger partial charge in [0.2, 0.25) is 0 Å². The molecule has 0 atom stereocenters. The van der Waals surface area contributed by atoms with E-state index >= 15 is 0 Å². The molecule has 0 bridgehead atoms. The molecule has 4 rings (SSSR count). The van der Waals surface area contributed by atoms with Gasteiger partial charge in [0.15, 0.2) is 0 Å². The van der Waals surface area contributed by atoms with E-state index in [1.165, 1.54) is 74.4 Å². The van der Waals surface area contributed by atoms with E-state index in [4.69, 9.17) is 0 Å². The molecule has 2 aliphatic rings. The molecule has 2 saturated heterocycles. The van der Waals surface area contributed by atoms with Gasteiger partial charge in [0, 0.05) is 37.6 Å². The first-order chi connectivity index (χ1) is 11.9. The van der Waals surface area contributed by atoms with Crippen LogP contribution in [0.5, 0.6) is 0 Å². The largest absolute Gasteiger partial charge is 0.372 e. The van der Waals surface area contributed by atoms with Crippen LogP contribution >= 0.6 is 0 Å². The Kier molecular flexibility index (Phi) is 4.55. The van der Waals surface area contributed by atoms with E-state index in [9.17, 15) is 0 Å². The zero-order valence-corrected chi connectivity index (χ0v) is 14.3. The fourth-order valence-electron chi connectivity index (χ4n) is 3.74. The minimum atomic E-state index is 1.21. The summed E-state index contributed by atoms with van der Waals surface area (Å²) in [6.07, 6.45) is 9.73. The van der Waals surface area contributed by atoms with Crippen LogP contribution in [-0.4, -0.2) is 26.2 Å². The lowest BCUT2D eigenvalue weighted by atomic mass is 10.1. The molecular formula is C22H26N2. The molecule has 2 aromatic rings. The average Bonchev–Trinajstić information content (AvgIpc) is 3.34. The Balaban J connectivity index is 1.40. The molecule has 2 aliphatic heterocycles. The first-order valence-corrected chi connectivity index (χ1v) is 9.27. The van der Waals surface area contributed by atoms with Crippen molar-refractivity contribution in [3.63, 3.8) is 0 Å². The number of anilines is 2. The lowest BCUT2D eigenvalue weighted by Gasteiger charge is -2.17. The van der Waals surface area contributed by atoms with Crippen molar-refractivity contribution in [2.24, 2.45) is 0 Å². The van der Waals surface area contributed by atoms with Crippen molar-refractivity contribution >= 4 is 23.5 Å². The van der Waals surface area contributed by atoms with Crippen molar-refractivity contribution in [3.05, 3.63) is 59.7 Å². The maximum atomic E-state index is 2.48. The van der Waals surface area contributed by atoms with Gasteiger partial charge < -0.3 is 9.80 Å². The highest BCUT2D eigenvalue weighted by molar-refractivity contribution is 5.71. The van der Waals surface area contributed by atoms with E-state index in [1.807, 2.05) is 0 Å². The van der Waals surface area contributed by atoms with Crippen molar-refractivity contribution in [1.82, 2.24) is 0 Å². The molecule has 2 fully saturated rings. The summed E-state index contributed by atoms with van der Waals surface area (Å²) in [5.74, 6) is 0. The summed E-state index contributed by atoms with van der Waals surface area (Å²) in [6.45, 7) is 4.83. The zero-order valence-electron chi connectivity index (χ0n) is 14.3. The van der Waals surface area contributed by atoms with Crippen LogP contribution in [-0.2, 0) is 0 Å². The second-order valence-corrected chi connectivity index (χ2v) is 6.90. The monoisotopic (exact) mass is 318 g/mol. The molecule has 0 radical (unpaired) electrons. The summed E-state index contributed by atoms with van der Waals surface area (Å²) in [6, 6.07) is 17.9. The summed E-state index contributed by atoms with van der Waals surface area (Å²) >= 11 is 0. The van der Waals surface area contributed by atoms with E-state index < -0.39 is 0 Å². The zero-order chi connectivity index (χ0) is 16.2. The average molecular weight is 318 g/mol. The van der Waals surface area contributed by atoms with E-state index in [-0.39, 0.29) is 0 Å². The van der Waals surface area contributed by atoms with E-state index in [0.29, 0.717) is 0 Å². The van der Waals surface area contributed by atoms with Gasteiger partial charge in [-0.2, -0.15) is 0 Å². The van der Waals surface area contributed by atoms with E-state index in [1.54, 1.807) is 0 Å². The predicted molar refractivity (Wildman–Crippen MR) is 105 cm³/mol. The fourth-order valence-corrected chi connectivity index (χ4v) is 3.74. The second kappa shape index (κ2) is 7.12. The third kappa shape index (κ3) is 3.48. The van der Waals surface area contributed by atoms with Crippen LogP contribution in [0.15, 0.2) is 48.5 Å². The van der Waals surface area contributed by atoms with Gasteiger partial charge in [-0.25, -0.2) is 0 Å². The van der Waals surface area contributed by atoms with Crippen molar-refractivity contribution < 1.29 is 0 Å². The molecule has 0 N–H and O–H groups in total. The highest BCUT2D eigenvalue weighted by Gasteiger charge is 2.12. The summed E-state index contributed by atoms with van der Waals surface area (Å²) in [5, 5.41) is 0. The van der Waals surface area contributed by atoms with Gasteiger partial charge in [0.25, 0.3) is 0 Å². The Morgan fingerprint density at radius 1 is 0.500 bits per heavy atom. The minimum Gasteiger partial charge on any atom is -0.372 e. The Morgan fingerprint density at radius 2 is 0.833 bits per heavy atom. The number of nitrogens with zero attached hydrogens (tertiary/aromatic N) is 2. The van der Waals surface area contributed by atoms with Gasteiger partial charge in [-0.15, -0.1) is 0 Å². The Labute approximate surface area is 145 Å². The van der Waals surface area contributed by atoms with Gasteiger partial charge in [0.1, 0.15) is 0 Å². The topological polar surface area (TPSA) is 6.48 Å². The molecular weight excluding hydrogens is 292 g/mol. The number of benzene rings is 2. The fraction of sp³-hybridized carbons (Fsp3) is 0.364. The number of hydrogen-bond acceptors (Lipinski definition) is 2. The summed E-state index contributed by atoms with van der Waals surface area (Å²) in [4.78, 5) is 4.95. The first-order valence-electron chi connectivity index (χ1n) is 9.27. The maximum Gasteiger partial charge on any atom is 0.0366 e. The summed E-state index contributed by atoms with van der Waals surface area (Å²) in [7, 11) is 0. The van der Waals surface area contributed by atoms with Crippen LogP contribution in [0, 0.1) is 0 Å². The number of rotatable bonds is 4. The molecule has 0 aliphatic carbocycles. The SMILES string of the molecule is C(=C\c1ccc(N2CCCC2)cc1)/c1ccc(N2CCCC2)cc1. The summed E-state index contributed by atoms with van der Waals surface area (Å²) < 4.78 is 0. The molecule has 0 saturated carbocycles. The lowest BCUT2D eigenvalue weighted by Crippen LogP contribution is -2.17. The standard InChI is InChI=1S/C22H26N2/c1-2-16-23(15-1)21-11-7-19(8-12-21)5-6-20-9-13-22(14-10-20)24-17-3-4-18-24/h5-14H,1-4,15-18H2/b6-5+. The summed E-state index contributed by atoms with van der Waals surface area (Å²) in [5.41, 5.74) is 5.25. The van der Waals surface area contributed by atoms with Gasteiger partial charge in [-0.3, -0.25) is 0 Å². The smallest absolute Gasteiger partial charge is 0.0366 e. The lowest BCUT2D eigenvalue weighted by molar-refractivity contribution is 0.949. The third-order valence-electron chi connectivity index (χ3n) is 5.20. The number of hydrogen-bond donors (Lipinski definition) is 0. The minimum absolute atomic E-state index is 1.21. The molecule has 0 spiro atoms. The Morgan fingerprint density at radius 3 is 1.17 bits per heavy atom. The van der Waals surface area contributed by atoms with Gasteiger partial charge in [0.05, 0.1) is 0 Å². The Hall–Kier alpha value is -2.22. The van der Waals surface area contributed by atoms with Crippen LogP contribution in [0.25, 0.3) is 12.2 Å². The van der Waals surface area contributed by atoms with Gasteiger partial charge in [-0.1, -0.05) is 36.4 Å². The highest BCUT2D eigenvalue weighted by atomic mass is 15.1. The van der Waals surface area contributed by atoms with Crippen LogP contribution in [0.4, 0.5) is 11.4 Å². The van der Waals surface area contributed by atoms with Crippen LogP contribution < -0.4 is 9.80 Å². The molecule has 2 heterocycles.